The first kappa shape index (κ1) is 18.0. The van der Waals surface area contributed by atoms with Crippen LogP contribution in [0.3, 0.4) is 0 Å². The van der Waals surface area contributed by atoms with Gasteiger partial charge in [-0.05, 0) is 43.2 Å². The third-order valence-electron chi connectivity index (χ3n) is 4.28. The van der Waals surface area contributed by atoms with Gasteiger partial charge in [-0.1, -0.05) is 30.3 Å². The highest BCUT2D eigenvalue weighted by atomic mass is 16.6. The van der Waals surface area contributed by atoms with E-state index in [0.717, 1.165) is 24.2 Å². The summed E-state index contributed by atoms with van der Waals surface area (Å²) in [7, 11) is 0. The Hall–Kier alpha value is -2.82. The molecule has 1 aliphatic rings. The Balaban J connectivity index is 1.44. The number of amides is 1. The third-order valence-corrected chi connectivity index (χ3v) is 4.28. The van der Waals surface area contributed by atoms with Crippen molar-refractivity contribution < 1.29 is 19.1 Å². The summed E-state index contributed by atoms with van der Waals surface area (Å²) in [5, 5.41) is 0. The zero-order valence-corrected chi connectivity index (χ0v) is 14.9. The molecule has 3 rings (SSSR count). The van der Waals surface area contributed by atoms with Crippen LogP contribution in [0.25, 0.3) is 0 Å². The number of ether oxygens (including phenoxy) is 2. The second kappa shape index (κ2) is 8.52. The first-order chi connectivity index (χ1) is 12.6. The zero-order valence-electron chi connectivity index (χ0n) is 14.9. The molecule has 1 atom stereocenters. The first-order valence-electron chi connectivity index (χ1n) is 8.88. The van der Waals surface area contributed by atoms with Crippen molar-refractivity contribution in [1.82, 2.24) is 0 Å². The predicted molar refractivity (Wildman–Crippen MR) is 99.2 cm³/mol. The maximum atomic E-state index is 11.9. The second-order valence-corrected chi connectivity index (χ2v) is 6.42. The summed E-state index contributed by atoms with van der Waals surface area (Å²) in [4.78, 5) is 25.4. The molecule has 1 aliphatic heterocycles. The van der Waals surface area contributed by atoms with E-state index in [0.29, 0.717) is 18.6 Å². The number of rotatable bonds is 7. The average molecular weight is 353 g/mol. The molecular formula is C21H23NO4. The molecule has 2 aromatic rings. The Morgan fingerprint density at radius 1 is 1.12 bits per heavy atom. The molecule has 5 heteroatoms. The lowest BCUT2D eigenvalue weighted by Crippen LogP contribution is -2.23. The van der Waals surface area contributed by atoms with E-state index in [1.807, 2.05) is 49.4 Å². The fourth-order valence-corrected chi connectivity index (χ4v) is 3.03. The monoisotopic (exact) mass is 353 g/mol. The summed E-state index contributed by atoms with van der Waals surface area (Å²) in [6, 6.07) is 17.1. The van der Waals surface area contributed by atoms with Crippen molar-refractivity contribution >= 4 is 17.6 Å². The number of benzene rings is 2. The summed E-state index contributed by atoms with van der Waals surface area (Å²) in [6.45, 7) is 2.48. The van der Waals surface area contributed by atoms with Gasteiger partial charge in [0.25, 0.3) is 0 Å². The van der Waals surface area contributed by atoms with E-state index in [1.165, 1.54) is 0 Å². The number of hydrogen-bond acceptors (Lipinski definition) is 4. The molecule has 1 unspecified atom stereocenters. The van der Waals surface area contributed by atoms with Gasteiger partial charge in [0.05, 0.1) is 0 Å². The minimum Gasteiger partial charge on any atom is -0.482 e. The summed E-state index contributed by atoms with van der Waals surface area (Å²) in [5.41, 5.74) is 1.99. The molecule has 0 spiro atoms. The lowest BCUT2D eigenvalue weighted by atomic mass is 10.1. The molecule has 5 nitrogen and oxygen atoms in total. The van der Waals surface area contributed by atoms with Crippen molar-refractivity contribution in [3.05, 3.63) is 60.2 Å². The largest absolute Gasteiger partial charge is 0.482 e. The van der Waals surface area contributed by atoms with Crippen LogP contribution < -0.4 is 9.64 Å². The number of carbonyl (C=O) groups is 2. The van der Waals surface area contributed by atoms with E-state index in [-0.39, 0.29) is 18.6 Å². The normalized spacial score (nSPS) is 15.0. The number of esters is 1. The number of nitrogens with zero attached hydrogens (tertiary/aromatic N) is 1. The van der Waals surface area contributed by atoms with Crippen LogP contribution in [0, 0.1) is 0 Å². The van der Waals surface area contributed by atoms with Crippen molar-refractivity contribution in [3.63, 3.8) is 0 Å². The lowest BCUT2D eigenvalue weighted by molar-refractivity contribution is -0.150. The Morgan fingerprint density at radius 3 is 2.50 bits per heavy atom. The van der Waals surface area contributed by atoms with Crippen molar-refractivity contribution in [2.24, 2.45) is 0 Å². The van der Waals surface area contributed by atoms with Crippen LogP contribution in [0.5, 0.6) is 5.75 Å². The van der Waals surface area contributed by atoms with Gasteiger partial charge in [0, 0.05) is 25.1 Å². The molecule has 136 valence electrons. The van der Waals surface area contributed by atoms with Gasteiger partial charge in [-0.3, -0.25) is 4.79 Å². The van der Waals surface area contributed by atoms with Crippen LogP contribution in [0.1, 0.15) is 25.3 Å². The van der Waals surface area contributed by atoms with Gasteiger partial charge in [-0.2, -0.15) is 0 Å². The molecule has 1 fully saturated rings. The topological polar surface area (TPSA) is 55.8 Å². The number of anilines is 1. The molecule has 0 radical (unpaired) electrons. The Labute approximate surface area is 153 Å². The fraction of sp³-hybridized carbons (Fsp3) is 0.333. The Morgan fingerprint density at radius 2 is 1.85 bits per heavy atom. The average Bonchev–Trinajstić information content (AvgIpc) is 3.07. The first-order valence-corrected chi connectivity index (χ1v) is 8.88. The SMILES string of the molecule is CC(Cc1ccccc1)OC(=O)COc1ccc(N2CCCC2=O)cc1. The van der Waals surface area contributed by atoms with Crippen molar-refractivity contribution in [3.8, 4) is 5.75 Å². The minimum absolute atomic E-state index is 0.138. The van der Waals surface area contributed by atoms with Gasteiger partial charge in [0.1, 0.15) is 11.9 Å². The van der Waals surface area contributed by atoms with E-state index in [9.17, 15) is 9.59 Å². The molecular weight excluding hydrogens is 330 g/mol. The number of hydrogen-bond donors (Lipinski definition) is 0. The summed E-state index contributed by atoms with van der Waals surface area (Å²) in [6.07, 6.45) is 1.96. The van der Waals surface area contributed by atoms with Gasteiger partial charge in [0.2, 0.25) is 5.91 Å². The standard InChI is InChI=1S/C21H23NO4/c1-16(14-17-6-3-2-4-7-17)26-21(24)15-25-19-11-9-18(10-12-19)22-13-5-8-20(22)23/h2-4,6-7,9-12,16H,5,8,13-15H2,1H3. The van der Waals surface area contributed by atoms with Gasteiger partial charge in [0.15, 0.2) is 6.61 Å². The fourth-order valence-electron chi connectivity index (χ4n) is 3.03. The minimum atomic E-state index is -0.396. The Kier molecular flexibility index (Phi) is 5.89. The van der Waals surface area contributed by atoms with E-state index in [4.69, 9.17) is 9.47 Å². The third kappa shape index (κ3) is 4.85. The van der Waals surface area contributed by atoms with E-state index in [2.05, 4.69) is 0 Å². The quantitative estimate of drug-likeness (QED) is 0.716. The van der Waals surface area contributed by atoms with Crippen LogP contribution in [0.4, 0.5) is 5.69 Å². The Bertz CT molecular complexity index is 742. The van der Waals surface area contributed by atoms with Gasteiger partial charge >= 0.3 is 5.97 Å². The van der Waals surface area contributed by atoms with Crippen LogP contribution >= 0.6 is 0 Å². The molecule has 2 aromatic carbocycles. The lowest BCUT2D eigenvalue weighted by Gasteiger charge is -2.16. The maximum Gasteiger partial charge on any atom is 0.344 e. The van der Waals surface area contributed by atoms with Crippen molar-refractivity contribution in [1.29, 1.82) is 0 Å². The summed E-state index contributed by atoms with van der Waals surface area (Å²) < 4.78 is 10.9. The van der Waals surface area contributed by atoms with Gasteiger partial charge in [-0.25, -0.2) is 4.79 Å². The molecule has 0 bridgehead atoms. The van der Waals surface area contributed by atoms with E-state index in [1.54, 1.807) is 17.0 Å². The highest BCUT2D eigenvalue weighted by Crippen LogP contribution is 2.23. The van der Waals surface area contributed by atoms with Crippen molar-refractivity contribution in [2.45, 2.75) is 32.3 Å². The van der Waals surface area contributed by atoms with Crippen LogP contribution in [0.2, 0.25) is 0 Å². The highest BCUT2D eigenvalue weighted by molar-refractivity contribution is 5.95. The molecule has 1 saturated heterocycles. The maximum absolute atomic E-state index is 11.9. The summed E-state index contributed by atoms with van der Waals surface area (Å²) >= 11 is 0. The van der Waals surface area contributed by atoms with Crippen LogP contribution in [-0.4, -0.2) is 31.1 Å². The number of carbonyl (C=O) groups excluding carboxylic acids is 2. The van der Waals surface area contributed by atoms with Crippen LogP contribution in [-0.2, 0) is 20.7 Å². The van der Waals surface area contributed by atoms with Gasteiger partial charge < -0.3 is 14.4 Å². The summed E-state index contributed by atoms with van der Waals surface area (Å²) in [5.74, 6) is 0.329. The molecule has 0 saturated carbocycles. The highest BCUT2D eigenvalue weighted by Gasteiger charge is 2.21. The molecule has 26 heavy (non-hydrogen) atoms. The molecule has 0 aromatic heterocycles. The van der Waals surface area contributed by atoms with Crippen LogP contribution in [0.15, 0.2) is 54.6 Å². The molecule has 1 heterocycles. The molecule has 0 aliphatic carbocycles. The predicted octanol–water partition coefficient (Wildman–Crippen LogP) is 3.37. The molecule has 1 amide bonds. The molecule has 0 N–H and O–H groups in total. The van der Waals surface area contributed by atoms with E-state index >= 15 is 0 Å². The van der Waals surface area contributed by atoms with E-state index < -0.39 is 5.97 Å². The van der Waals surface area contributed by atoms with Crippen molar-refractivity contribution in [2.75, 3.05) is 18.1 Å². The smallest absolute Gasteiger partial charge is 0.344 e. The van der Waals surface area contributed by atoms with Gasteiger partial charge in [-0.15, -0.1) is 0 Å². The second-order valence-electron chi connectivity index (χ2n) is 6.42. The zero-order chi connectivity index (χ0) is 18.4.